The molecule has 0 N–H and O–H groups in total. The molecule has 0 bridgehead atoms. The Bertz CT molecular complexity index is 1060. The molecule has 0 saturated carbocycles. The van der Waals surface area contributed by atoms with Gasteiger partial charge in [-0.2, -0.15) is 0 Å². The molecule has 2 heterocycles. The molecule has 2 aromatic carbocycles. The second-order valence-corrected chi connectivity index (χ2v) is 9.23. The van der Waals surface area contributed by atoms with Gasteiger partial charge >= 0.3 is 0 Å². The average molecular weight is 459 g/mol. The van der Waals surface area contributed by atoms with Gasteiger partial charge in [0.15, 0.2) is 15.8 Å². The monoisotopic (exact) mass is 458 g/mol. The molecule has 1 saturated heterocycles. The Balaban J connectivity index is 1.41. The van der Waals surface area contributed by atoms with Gasteiger partial charge in [-0.15, -0.1) is 11.3 Å². The number of carbonyl (C=O) groups is 1. The molecular formula is C23H23FN2O3S2. The van der Waals surface area contributed by atoms with Gasteiger partial charge in [0.05, 0.1) is 31.7 Å². The summed E-state index contributed by atoms with van der Waals surface area (Å²) in [6.07, 6.45) is 1.90. The lowest BCUT2D eigenvalue weighted by Gasteiger charge is -2.25. The number of hydrogen-bond acceptors (Lipinski definition) is 6. The lowest BCUT2D eigenvalue weighted by Crippen LogP contribution is -2.31. The highest BCUT2D eigenvalue weighted by atomic mass is 32.2. The van der Waals surface area contributed by atoms with Crippen LogP contribution in [0.25, 0.3) is 11.3 Å². The van der Waals surface area contributed by atoms with Crippen LogP contribution in [-0.4, -0.2) is 42.3 Å². The molecule has 8 heteroatoms. The van der Waals surface area contributed by atoms with Crippen LogP contribution in [-0.2, 0) is 4.79 Å². The zero-order valence-corrected chi connectivity index (χ0v) is 19.0. The van der Waals surface area contributed by atoms with E-state index < -0.39 is 0 Å². The summed E-state index contributed by atoms with van der Waals surface area (Å²) in [6, 6.07) is 12.2. The lowest BCUT2D eigenvalue weighted by molar-refractivity contribution is -0.129. The van der Waals surface area contributed by atoms with E-state index in [2.05, 4.69) is 4.98 Å². The number of thiazole rings is 1. The topological polar surface area (TPSA) is 51.7 Å². The van der Waals surface area contributed by atoms with Gasteiger partial charge in [0.1, 0.15) is 5.82 Å². The number of thioether (sulfide) groups is 1. The molecule has 162 valence electrons. The molecule has 1 unspecified atom stereocenters. The standard InChI is InChI=1S/C23H23FN2O3S2/c1-28-20-10-7-16(12-21(20)29-2)19-4-3-11-26(19)22(27)14-31-23-25-18(13-30-23)15-5-8-17(24)9-6-15/h5-10,12-13,19H,3-4,11,14H2,1-2H3. The van der Waals surface area contributed by atoms with Crippen LogP contribution in [0.1, 0.15) is 24.4 Å². The van der Waals surface area contributed by atoms with Crippen molar-refractivity contribution in [2.45, 2.75) is 23.2 Å². The largest absolute Gasteiger partial charge is 0.493 e. The molecule has 1 amide bonds. The van der Waals surface area contributed by atoms with E-state index in [9.17, 15) is 9.18 Å². The number of carbonyl (C=O) groups excluding carboxylic acids is 1. The smallest absolute Gasteiger partial charge is 0.233 e. The minimum atomic E-state index is -0.270. The fraction of sp³-hybridized carbons (Fsp3) is 0.304. The molecule has 5 nitrogen and oxygen atoms in total. The maximum absolute atomic E-state index is 13.1. The van der Waals surface area contributed by atoms with Crippen LogP contribution in [0, 0.1) is 5.82 Å². The number of halogens is 1. The minimum absolute atomic E-state index is 0.0407. The molecule has 0 spiro atoms. The van der Waals surface area contributed by atoms with Crippen molar-refractivity contribution in [2.24, 2.45) is 0 Å². The SMILES string of the molecule is COc1ccc(C2CCCN2C(=O)CSc2nc(-c3ccc(F)cc3)cs2)cc1OC. The predicted octanol–water partition coefficient (Wildman–Crippen LogP) is 5.42. The van der Waals surface area contributed by atoms with Crippen LogP contribution < -0.4 is 9.47 Å². The molecule has 1 aliphatic rings. The normalized spacial score (nSPS) is 15.8. The predicted molar refractivity (Wildman–Crippen MR) is 121 cm³/mol. The summed E-state index contributed by atoms with van der Waals surface area (Å²) < 4.78 is 24.7. The summed E-state index contributed by atoms with van der Waals surface area (Å²) in [5.74, 6) is 1.51. The fourth-order valence-corrected chi connectivity index (χ4v) is 5.48. The van der Waals surface area contributed by atoms with Crippen molar-refractivity contribution in [3.05, 3.63) is 59.2 Å². The van der Waals surface area contributed by atoms with Crippen LogP contribution in [0.4, 0.5) is 4.39 Å². The maximum Gasteiger partial charge on any atom is 0.233 e. The van der Waals surface area contributed by atoms with Gasteiger partial charge in [-0.3, -0.25) is 4.79 Å². The van der Waals surface area contributed by atoms with Crippen LogP contribution in [0.5, 0.6) is 11.5 Å². The first-order chi connectivity index (χ1) is 15.1. The number of methoxy groups -OCH3 is 2. The first-order valence-electron chi connectivity index (χ1n) is 9.94. The summed E-state index contributed by atoms with van der Waals surface area (Å²) in [7, 11) is 3.23. The van der Waals surface area contributed by atoms with Crippen molar-refractivity contribution in [1.82, 2.24) is 9.88 Å². The fourth-order valence-electron chi connectivity index (χ4n) is 3.76. The first kappa shape index (κ1) is 21.6. The van der Waals surface area contributed by atoms with E-state index in [0.29, 0.717) is 17.3 Å². The number of aromatic nitrogens is 1. The Hall–Kier alpha value is -2.58. The van der Waals surface area contributed by atoms with E-state index >= 15 is 0 Å². The Labute approximate surface area is 189 Å². The Morgan fingerprint density at radius 1 is 1.19 bits per heavy atom. The second kappa shape index (κ2) is 9.70. The van der Waals surface area contributed by atoms with Gasteiger partial charge in [-0.05, 0) is 54.8 Å². The van der Waals surface area contributed by atoms with Crippen LogP contribution in [0.15, 0.2) is 52.2 Å². The highest BCUT2D eigenvalue weighted by molar-refractivity contribution is 8.01. The van der Waals surface area contributed by atoms with Gasteiger partial charge in [0.25, 0.3) is 0 Å². The first-order valence-corrected chi connectivity index (χ1v) is 11.8. The third-order valence-electron chi connectivity index (χ3n) is 5.31. The Morgan fingerprint density at radius 3 is 2.71 bits per heavy atom. The number of nitrogens with zero attached hydrogens (tertiary/aromatic N) is 2. The number of likely N-dealkylation sites (tertiary alicyclic amines) is 1. The zero-order valence-electron chi connectivity index (χ0n) is 17.3. The number of amides is 1. The quantitative estimate of drug-likeness (QED) is 0.443. The molecule has 4 rings (SSSR count). The van der Waals surface area contributed by atoms with Gasteiger partial charge in [-0.1, -0.05) is 17.8 Å². The lowest BCUT2D eigenvalue weighted by atomic mass is 10.0. The van der Waals surface area contributed by atoms with Gasteiger partial charge in [-0.25, -0.2) is 9.37 Å². The summed E-state index contributed by atoms with van der Waals surface area (Å²) in [4.78, 5) is 19.5. The van der Waals surface area contributed by atoms with Crippen molar-refractivity contribution in [3.63, 3.8) is 0 Å². The zero-order chi connectivity index (χ0) is 21.8. The van der Waals surface area contributed by atoms with Crippen molar-refractivity contribution < 1.29 is 18.7 Å². The highest BCUT2D eigenvalue weighted by Gasteiger charge is 2.30. The van der Waals surface area contributed by atoms with E-state index in [1.807, 2.05) is 28.5 Å². The third kappa shape index (κ3) is 4.85. The second-order valence-electron chi connectivity index (χ2n) is 7.15. The van der Waals surface area contributed by atoms with Crippen molar-refractivity contribution in [3.8, 4) is 22.8 Å². The van der Waals surface area contributed by atoms with Crippen LogP contribution >= 0.6 is 23.1 Å². The summed E-state index contributed by atoms with van der Waals surface area (Å²) in [6.45, 7) is 0.747. The van der Waals surface area contributed by atoms with Gasteiger partial charge < -0.3 is 14.4 Å². The Morgan fingerprint density at radius 2 is 1.97 bits per heavy atom. The van der Waals surface area contributed by atoms with E-state index in [0.717, 1.165) is 40.5 Å². The average Bonchev–Trinajstić information content (AvgIpc) is 3.47. The Kier molecular flexibility index (Phi) is 6.77. The highest BCUT2D eigenvalue weighted by Crippen LogP contribution is 2.37. The third-order valence-corrected chi connectivity index (χ3v) is 7.31. The summed E-state index contributed by atoms with van der Waals surface area (Å²) >= 11 is 2.94. The number of ether oxygens (including phenoxy) is 2. The molecule has 31 heavy (non-hydrogen) atoms. The van der Waals surface area contributed by atoms with Gasteiger partial charge in [0.2, 0.25) is 5.91 Å². The summed E-state index contributed by atoms with van der Waals surface area (Å²) in [5.41, 5.74) is 2.72. The van der Waals surface area contributed by atoms with Gasteiger partial charge in [0, 0.05) is 17.5 Å². The van der Waals surface area contributed by atoms with E-state index in [1.165, 1.54) is 35.2 Å². The number of benzene rings is 2. The molecule has 0 aliphatic carbocycles. The molecule has 1 fully saturated rings. The maximum atomic E-state index is 13.1. The summed E-state index contributed by atoms with van der Waals surface area (Å²) in [5, 5.41) is 1.93. The molecule has 1 aliphatic heterocycles. The molecule has 0 radical (unpaired) electrons. The van der Waals surface area contributed by atoms with Crippen LogP contribution in [0.3, 0.4) is 0 Å². The van der Waals surface area contributed by atoms with E-state index in [4.69, 9.17) is 9.47 Å². The van der Waals surface area contributed by atoms with E-state index in [-0.39, 0.29) is 17.8 Å². The van der Waals surface area contributed by atoms with Crippen molar-refractivity contribution in [2.75, 3.05) is 26.5 Å². The van der Waals surface area contributed by atoms with E-state index in [1.54, 1.807) is 26.4 Å². The van der Waals surface area contributed by atoms with Crippen LogP contribution in [0.2, 0.25) is 0 Å². The molecule has 1 aromatic heterocycles. The van der Waals surface area contributed by atoms with Crippen molar-refractivity contribution >= 4 is 29.0 Å². The van der Waals surface area contributed by atoms with Crippen molar-refractivity contribution in [1.29, 1.82) is 0 Å². The minimum Gasteiger partial charge on any atom is -0.493 e. The number of hydrogen-bond donors (Lipinski definition) is 0. The molecular weight excluding hydrogens is 435 g/mol. The number of rotatable bonds is 7. The molecule has 1 atom stereocenters. The molecule has 3 aromatic rings.